The Labute approximate surface area is 200 Å². The fraction of sp³-hybridized carbons (Fsp3) is 0.667. The zero-order valence-corrected chi connectivity index (χ0v) is 21.3. The normalized spacial score (nSPS) is 20.7. The van der Waals surface area contributed by atoms with Gasteiger partial charge in [0.15, 0.2) is 5.65 Å². The average Bonchev–Trinajstić information content (AvgIpc) is 3.32. The van der Waals surface area contributed by atoms with Crippen molar-refractivity contribution in [3.63, 3.8) is 0 Å². The van der Waals surface area contributed by atoms with E-state index in [0.29, 0.717) is 36.4 Å². The molecule has 33 heavy (non-hydrogen) atoms. The molecule has 2 saturated heterocycles. The first-order valence-electron chi connectivity index (χ1n) is 12.0. The fourth-order valence-electron chi connectivity index (χ4n) is 4.98. The second kappa shape index (κ2) is 9.52. The van der Waals surface area contributed by atoms with E-state index in [-0.39, 0.29) is 24.1 Å². The highest BCUT2D eigenvalue weighted by molar-refractivity contribution is 8.00. The SMILES string of the molecule is CC[C@H](C)[C@@H]1COC(=O)N1C1CCN(C(=O)c2cnc3c(c(C)nn3C)c2SC(C)C)CC1. The number of rotatable bonds is 6. The molecule has 2 aliphatic rings. The second-order valence-corrected chi connectivity index (χ2v) is 11.1. The lowest BCUT2D eigenvalue weighted by atomic mass is 9.95. The van der Waals surface area contributed by atoms with Crippen LogP contribution in [0.5, 0.6) is 0 Å². The quantitative estimate of drug-likeness (QED) is 0.584. The summed E-state index contributed by atoms with van der Waals surface area (Å²) in [5.41, 5.74) is 2.34. The highest BCUT2D eigenvalue weighted by Crippen LogP contribution is 2.36. The van der Waals surface area contributed by atoms with Crippen molar-refractivity contribution in [3.05, 3.63) is 17.5 Å². The van der Waals surface area contributed by atoms with Gasteiger partial charge in [0.25, 0.3) is 5.91 Å². The zero-order valence-electron chi connectivity index (χ0n) is 20.5. The third kappa shape index (κ3) is 4.44. The van der Waals surface area contributed by atoms with Crippen molar-refractivity contribution < 1.29 is 14.3 Å². The largest absolute Gasteiger partial charge is 0.447 e. The van der Waals surface area contributed by atoms with Crippen LogP contribution in [0.4, 0.5) is 4.79 Å². The molecule has 0 spiro atoms. The zero-order chi connectivity index (χ0) is 23.9. The minimum absolute atomic E-state index is 0.0109. The van der Waals surface area contributed by atoms with Gasteiger partial charge < -0.3 is 9.64 Å². The average molecular weight is 474 g/mol. The van der Waals surface area contributed by atoms with Gasteiger partial charge in [0.2, 0.25) is 0 Å². The predicted octanol–water partition coefficient (Wildman–Crippen LogP) is 4.25. The molecule has 2 fully saturated rings. The maximum absolute atomic E-state index is 13.6. The van der Waals surface area contributed by atoms with Crippen molar-refractivity contribution in [1.29, 1.82) is 0 Å². The summed E-state index contributed by atoms with van der Waals surface area (Å²) < 4.78 is 7.17. The van der Waals surface area contributed by atoms with Crippen LogP contribution in [0.25, 0.3) is 11.0 Å². The van der Waals surface area contributed by atoms with Crippen molar-refractivity contribution in [2.45, 2.75) is 76.1 Å². The van der Waals surface area contributed by atoms with E-state index in [4.69, 9.17) is 4.74 Å². The van der Waals surface area contributed by atoms with Gasteiger partial charge in [-0.15, -0.1) is 11.8 Å². The first-order chi connectivity index (χ1) is 15.7. The van der Waals surface area contributed by atoms with Crippen molar-refractivity contribution in [3.8, 4) is 0 Å². The molecule has 0 N–H and O–H groups in total. The minimum Gasteiger partial charge on any atom is -0.447 e. The molecule has 2 atom stereocenters. The molecule has 2 aromatic rings. The Morgan fingerprint density at radius 3 is 2.61 bits per heavy atom. The monoisotopic (exact) mass is 473 g/mol. The second-order valence-electron chi connectivity index (χ2n) is 9.54. The van der Waals surface area contributed by atoms with Crippen LogP contribution in [0.1, 0.15) is 63.0 Å². The molecule has 2 amide bonds. The molecule has 0 unspecified atom stereocenters. The molecule has 2 aromatic heterocycles. The Balaban J connectivity index is 1.54. The molecule has 0 saturated carbocycles. The number of cyclic esters (lactones) is 1. The molecule has 4 heterocycles. The van der Waals surface area contributed by atoms with Gasteiger partial charge in [0.05, 0.1) is 22.7 Å². The van der Waals surface area contributed by atoms with Crippen LogP contribution in [0.2, 0.25) is 0 Å². The molecular weight excluding hydrogens is 438 g/mol. The molecule has 180 valence electrons. The van der Waals surface area contributed by atoms with Gasteiger partial charge >= 0.3 is 6.09 Å². The number of hydrogen-bond donors (Lipinski definition) is 0. The Morgan fingerprint density at radius 1 is 1.27 bits per heavy atom. The third-order valence-electron chi connectivity index (χ3n) is 6.96. The number of likely N-dealkylation sites (tertiary alicyclic amines) is 1. The van der Waals surface area contributed by atoms with Gasteiger partial charge in [0, 0.05) is 42.5 Å². The lowest BCUT2D eigenvalue weighted by Crippen LogP contribution is -2.51. The van der Waals surface area contributed by atoms with Crippen molar-refractivity contribution in [1.82, 2.24) is 24.6 Å². The smallest absolute Gasteiger partial charge is 0.410 e. The van der Waals surface area contributed by atoms with Gasteiger partial charge in [-0.1, -0.05) is 34.1 Å². The van der Waals surface area contributed by atoms with Crippen LogP contribution in [-0.4, -0.2) is 73.6 Å². The van der Waals surface area contributed by atoms with Gasteiger partial charge in [-0.05, 0) is 25.7 Å². The van der Waals surface area contributed by atoms with Crippen LogP contribution < -0.4 is 0 Å². The summed E-state index contributed by atoms with van der Waals surface area (Å²) >= 11 is 1.69. The van der Waals surface area contributed by atoms with Gasteiger partial charge in [-0.3, -0.25) is 14.4 Å². The summed E-state index contributed by atoms with van der Waals surface area (Å²) in [6.45, 7) is 12.3. The molecule has 8 nitrogen and oxygen atoms in total. The summed E-state index contributed by atoms with van der Waals surface area (Å²) in [6, 6.07) is 0.248. The standard InChI is InChI=1S/C24H35N5O3S/c1-7-15(4)19-13-32-24(31)29(19)17-8-10-28(11-9-17)23(30)18-12-25-22-20(16(5)26-27(22)6)21(18)33-14(2)3/h12,14-15,17,19H,7-11,13H2,1-6H3/t15-,19-/m0/s1. The molecule has 9 heteroatoms. The molecule has 4 rings (SSSR count). The highest BCUT2D eigenvalue weighted by atomic mass is 32.2. The van der Waals surface area contributed by atoms with E-state index in [9.17, 15) is 9.59 Å². The van der Waals surface area contributed by atoms with Gasteiger partial charge in [0.1, 0.15) is 6.61 Å². The number of carbonyl (C=O) groups excluding carboxylic acids is 2. The maximum Gasteiger partial charge on any atom is 0.410 e. The van der Waals surface area contributed by atoms with Crippen molar-refractivity contribution in [2.75, 3.05) is 19.7 Å². The van der Waals surface area contributed by atoms with E-state index < -0.39 is 0 Å². The van der Waals surface area contributed by atoms with E-state index >= 15 is 0 Å². The lowest BCUT2D eigenvalue weighted by molar-refractivity contribution is 0.0611. The van der Waals surface area contributed by atoms with E-state index in [2.05, 4.69) is 37.8 Å². The number of aryl methyl sites for hydroxylation is 2. The fourth-order valence-corrected chi connectivity index (χ4v) is 6.08. The molecule has 0 radical (unpaired) electrons. The first-order valence-corrected chi connectivity index (χ1v) is 12.8. The van der Waals surface area contributed by atoms with Gasteiger partial charge in [-0.25, -0.2) is 9.78 Å². The van der Waals surface area contributed by atoms with Crippen LogP contribution in [0.15, 0.2) is 11.1 Å². The Morgan fingerprint density at radius 2 is 1.97 bits per heavy atom. The molecule has 0 aliphatic carbocycles. The molecule has 0 aromatic carbocycles. The Kier molecular flexibility index (Phi) is 6.88. The van der Waals surface area contributed by atoms with Crippen LogP contribution in [0, 0.1) is 12.8 Å². The summed E-state index contributed by atoms with van der Waals surface area (Å²) in [7, 11) is 1.88. The first kappa shape index (κ1) is 23.9. The van der Waals surface area contributed by atoms with Crippen molar-refractivity contribution >= 4 is 34.8 Å². The van der Waals surface area contributed by atoms with Crippen LogP contribution in [0.3, 0.4) is 0 Å². The Hall–Kier alpha value is -2.29. The number of piperidine rings is 1. The van der Waals surface area contributed by atoms with E-state index in [1.54, 1.807) is 22.6 Å². The topological polar surface area (TPSA) is 80.6 Å². The number of thioether (sulfide) groups is 1. The predicted molar refractivity (Wildman–Crippen MR) is 130 cm³/mol. The van der Waals surface area contributed by atoms with E-state index in [1.807, 2.05) is 23.8 Å². The molecule has 2 aliphatic heterocycles. The number of carbonyl (C=O) groups is 2. The molecular formula is C24H35N5O3S. The summed E-state index contributed by atoms with van der Waals surface area (Å²) in [4.78, 5) is 35.5. The van der Waals surface area contributed by atoms with Gasteiger partial charge in [-0.2, -0.15) is 5.10 Å². The van der Waals surface area contributed by atoms with Crippen molar-refractivity contribution in [2.24, 2.45) is 13.0 Å². The summed E-state index contributed by atoms with van der Waals surface area (Å²) in [5, 5.41) is 5.82. The molecule has 0 bridgehead atoms. The number of hydrogen-bond acceptors (Lipinski definition) is 6. The number of nitrogens with zero attached hydrogens (tertiary/aromatic N) is 5. The van der Waals surface area contributed by atoms with E-state index in [0.717, 1.165) is 40.9 Å². The number of ether oxygens (including phenoxy) is 1. The highest BCUT2D eigenvalue weighted by Gasteiger charge is 2.42. The van der Waals surface area contributed by atoms with Crippen LogP contribution >= 0.6 is 11.8 Å². The number of pyridine rings is 1. The van der Waals surface area contributed by atoms with Crippen LogP contribution in [-0.2, 0) is 11.8 Å². The third-order valence-corrected chi connectivity index (χ3v) is 8.09. The number of fused-ring (bicyclic) bond motifs is 1. The minimum atomic E-state index is -0.206. The number of aromatic nitrogens is 3. The summed E-state index contributed by atoms with van der Waals surface area (Å²) in [5.74, 6) is 0.406. The van der Waals surface area contributed by atoms with E-state index in [1.165, 1.54) is 0 Å². The number of amides is 2. The maximum atomic E-state index is 13.6. The Bertz CT molecular complexity index is 1040. The summed E-state index contributed by atoms with van der Waals surface area (Å²) in [6.07, 6.45) is 4.04. The lowest BCUT2D eigenvalue weighted by Gasteiger charge is -2.39.